The zero-order valence-corrected chi connectivity index (χ0v) is 16.8. The molecule has 4 rings (SSSR count). The van der Waals surface area contributed by atoms with E-state index in [2.05, 4.69) is 16.8 Å². The lowest BCUT2D eigenvalue weighted by atomic mass is 9.87. The van der Waals surface area contributed by atoms with Crippen molar-refractivity contribution in [1.29, 1.82) is 0 Å². The fraction of sp³-hybridized carbons (Fsp3) is 0.435. The summed E-state index contributed by atoms with van der Waals surface area (Å²) in [5, 5.41) is 0. The number of anilines is 1. The SMILES string of the molecule is CN1CCN(CC(=O)N2CCCC(c3ccc(F)cc3)c3ccc(F)cc32)CC1. The van der Waals surface area contributed by atoms with E-state index in [4.69, 9.17) is 0 Å². The van der Waals surface area contributed by atoms with Crippen molar-refractivity contribution in [1.82, 2.24) is 9.80 Å². The van der Waals surface area contributed by atoms with Crippen LogP contribution in [0.15, 0.2) is 42.5 Å². The Labute approximate surface area is 170 Å². The summed E-state index contributed by atoms with van der Waals surface area (Å²) in [5.74, 6) is -0.583. The molecular weight excluding hydrogens is 372 g/mol. The van der Waals surface area contributed by atoms with Crippen molar-refractivity contribution in [2.24, 2.45) is 0 Å². The van der Waals surface area contributed by atoms with E-state index in [1.807, 2.05) is 0 Å². The molecule has 0 saturated carbocycles. The third-order valence-electron chi connectivity index (χ3n) is 6.06. The van der Waals surface area contributed by atoms with Gasteiger partial charge >= 0.3 is 0 Å². The summed E-state index contributed by atoms with van der Waals surface area (Å²) < 4.78 is 27.5. The summed E-state index contributed by atoms with van der Waals surface area (Å²) in [7, 11) is 2.09. The molecule has 0 spiro atoms. The molecule has 2 aliphatic rings. The Morgan fingerprint density at radius 2 is 1.66 bits per heavy atom. The van der Waals surface area contributed by atoms with Crippen LogP contribution in [0.3, 0.4) is 0 Å². The molecule has 0 aliphatic carbocycles. The van der Waals surface area contributed by atoms with Crippen LogP contribution >= 0.6 is 0 Å². The van der Waals surface area contributed by atoms with Crippen molar-refractivity contribution in [2.45, 2.75) is 18.8 Å². The van der Waals surface area contributed by atoms with Gasteiger partial charge in [0.1, 0.15) is 11.6 Å². The van der Waals surface area contributed by atoms with Gasteiger partial charge in [-0.15, -0.1) is 0 Å². The summed E-state index contributed by atoms with van der Waals surface area (Å²) in [6.07, 6.45) is 1.65. The van der Waals surface area contributed by atoms with Crippen LogP contribution in [0.2, 0.25) is 0 Å². The van der Waals surface area contributed by atoms with Crippen molar-refractivity contribution >= 4 is 11.6 Å². The highest BCUT2D eigenvalue weighted by Crippen LogP contribution is 2.39. The zero-order valence-electron chi connectivity index (χ0n) is 16.8. The summed E-state index contributed by atoms with van der Waals surface area (Å²) in [5.41, 5.74) is 2.57. The van der Waals surface area contributed by atoms with E-state index >= 15 is 0 Å². The molecule has 2 aromatic carbocycles. The standard InChI is InChI=1S/C23H27F2N3O/c1-26-11-13-27(14-12-26)16-23(29)28-10-2-3-20(17-4-6-18(24)7-5-17)21-9-8-19(25)15-22(21)28/h4-9,15,20H,2-3,10-14,16H2,1H3. The number of benzene rings is 2. The van der Waals surface area contributed by atoms with Crippen LogP contribution in [0.1, 0.15) is 29.9 Å². The Morgan fingerprint density at radius 1 is 0.966 bits per heavy atom. The highest BCUT2D eigenvalue weighted by atomic mass is 19.1. The zero-order chi connectivity index (χ0) is 20.4. The molecule has 2 aliphatic heterocycles. The highest BCUT2D eigenvalue weighted by molar-refractivity contribution is 5.96. The van der Waals surface area contributed by atoms with Gasteiger partial charge in [0.25, 0.3) is 0 Å². The minimum absolute atomic E-state index is 0.0150. The molecule has 0 radical (unpaired) electrons. The maximum Gasteiger partial charge on any atom is 0.241 e. The molecular formula is C23H27F2N3O. The Morgan fingerprint density at radius 3 is 2.38 bits per heavy atom. The van der Waals surface area contributed by atoms with Crippen molar-refractivity contribution in [3.63, 3.8) is 0 Å². The monoisotopic (exact) mass is 399 g/mol. The normalized spacial score (nSPS) is 20.9. The first-order chi connectivity index (χ1) is 14.0. The first kappa shape index (κ1) is 20.0. The summed E-state index contributed by atoms with van der Waals surface area (Å²) in [6.45, 7) is 4.55. The van der Waals surface area contributed by atoms with E-state index in [0.717, 1.165) is 50.1 Å². The second-order valence-corrected chi connectivity index (χ2v) is 8.07. The van der Waals surface area contributed by atoms with Crippen LogP contribution in [0.25, 0.3) is 0 Å². The lowest BCUT2D eigenvalue weighted by molar-refractivity contribution is -0.120. The number of carbonyl (C=O) groups is 1. The number of piperazine rings is 1. The van der Waals surface area contributed by atoms with Crippen molar-refractivity contribution in [3.05, 3.63) is 65.2 Å². The van der Waals surface area contributed by atoms with Gasteiger partial charge in [-0.2, -0.15) is 0 Å². The van der Waals surface area contributed by atoms with Crippen molar-refractivity contribution in [3.8, 4) is 0 Å². The predicted molar refractivity (Wildman–Crippen MR) is 110 cm³/mol. The van der Waals surface area contributed by atoms with E-state index in [1.54, 1.807) is 23.1 Å². The lowest BCUT2D eigenvalue weighted by Crippen LogP contribution is -2.49. The summed E-state index contributed by atoms with van der Waals surface area (Å²) in [4.78, 5) is 19.3. The Bertz CT molecular complexity index is 863. The van der Waals surface area contributed by atoms with Crippen LogP contribution in [0.4, 0.5) is 14.5 Å². The van der Waals surface area contributed by atoms with Crippen LogP contribution < -0.4 is 4.90 Å². The number of hydrogen-bond acceptors (Lipinski definition) is 3. The molecule has 2 heterocycles. The van der Waals surface area contributed by atoms with E-state index in [1.165, 1.54) is 24.3 Å². The van der Waals surface area contributed by atoms with Crippen LogP contribution in [0, 0.1) is 11.6 Å². The van der Waals surface area contributed by atoms with Crippen LogP contribution in [-0.2, 0) is 4.79 Å². The topological polar surface area (TPSA) is 26.8 Å². The number of rotatable bonds is 3. The van der Waals surface area contributed by atoms with Gasteiger partial charge in [-0.1, -0.05) is 18.2 Å². The fourth-order valence-electron chi connectivity index (χ4n) is 4.36. The summed E-state index contributed by atoms with van der Waals surface area (Å²) >= 11 is 0. The van der Waals surface area contributed by atoms with E-state index in [0.29, 0.717) is 18.8 Å². The molecule has 4 nitrogen and oxygen atoms in total. The van der Waals surface area contributed by atoms with Gasteiger partial charge in [0, 0.05) is 38.6 Å². The van der Waals surface area contributed by atoms with Gasteiger partial charge in [0.15, 0.2) is 0 Å². The molecule has 6 heteroatoms. The minimum atomic E-state index is -0.346. The number of nitrogens with zero attached hydrogens (tertiary/aromatic N) is 3. The largest absolute Gasteiger partial charge is 0.311 e. The smallest absolute Gasteiger partial charge is 0.241 e. The molecule has 1 unspecified atom stereocenters. The molecule has 29 heavy (non-hydrogen) atoms. The first-order valence-corrected chi connectivity index (χ1v) is 10.3. The number of likely N-dealkylation sites (N-methyl/N-ethyl adjacent to an activating group) is 1. The van der Waals surface area contributed by atoms with Gasteiger partial charge in [-0.3, -0.25) is 9.69 Å². The first-order valence-electron chi connectivity index (χ1n) is 10.3. The lowest BCUT2D eigenvalue weighted by Gasteiger charge is -2.33. The second-order valence-electron chi connectivity index (χ2n) is 8.07. The molecule has 1 amide bonds. The van der Waals surface area contributed by atoms with Gasteiger partial charge in [0.2, 0.25) is 5.91 Å². The van der Waals surface area contributed by atoms with Crippen molar-refractivity contribution < 1.29 is 13.6 Å². The molecule has 2 aromatic rings. The maximum absolute atomic E-state index is 14.1. The average Bonchev–Trinajstić information content (AvgIpc) is 2.90. The maximum atomic E-state index is 14.1. The molecule has 154 valence electrons. The second kappa shape index (κ2) is 8.59. The van der Waals surface area contributed by atoms with Gasteiger partial charge in [-0.25, -0.2) is 8.78 Å². The third kappa shape index (κ3) is 4.49. The van der Waals surface area contributed by atoms with Crippen LogP contribution in [-0.4, -0.2) is 62.0 Å². The number of hydrogen-bond donors (Lipinski definition) is 0. The molecule has 0 N–H and O–H groups in total. The van der Waals surface area contributed by atoms with Gasteiger partial charge < -0.3 is 9.80 Å². The molecule has 0 bridgehead atoms. The van der Waals surface area contributed by atoms with Gasteiger partial charge in [0.05, 0.1) is 12.2 Å². The predicted octanol–water partition coefficient (Wildman–Crippen LogP) is 3.47. The number of amides is 1. The van der Waals surface area contributed by atoms with E-state index in [-0.39, 0.29) is 23.5 Å². The Hall–Kier alpha value is -2.31. The average molecular weight is 399 g/mol. The Kier molecular flexibility index (Phi) is 5.92. The molecule has 1 saturated heterocycles. The number of halogens is 2. The fourth-order valence-corrected chi connectivity index (χ4v) is 4.36. The van der Waals surface area contributed by atoms with Crippen LogP contribution in [0.5, 0.6) is 0 Å². The molecule has 1 atom stereocenters. The third-order valence-corrected chi connectivity index (χ3v) is 6.06. The molecule has 0 aromatic heterocycles. The summed E-state index contributed by atoms with van der Waals surface area (Å²) in [6, 6.07) is 11.2. The Balaban J connectivity index is 1.61. The number of carbonyl (C=O) groups excluding carboxylic acids is 1. The number of fused-ring (bicyclic) bond motifs is 1. The quantitative estimate of drug-likeness (QED) is 0.791. The van der Waals surface area contributed by atoms with Crippen molar-refractivity contribution in [2.75, 3.05) is 51.2 Å². The van der Waals surface area contributed by atoms with Gasteiger partial charge in [-0.05, 0) is 55.3 Å². The van der Waals surface area contributed by atoms with E-state index in [9.17, 15) is 13.6 Å². The molecule has 1 fully saturated rings. The van der Waals surface area contributed by atoms with E-state index < -0.39 is 0 Å². The minimum Gasteiger partial charge on any atom is -0.311 e. The highest BCUT2D eigenvalue weighted by Gasteiger charge is 2.29.